The Morgan fingerprint density at radius 3 is 1.88 bits per heavy atom. The van der Waals surface area contributed by atoms with Gasteiger partial charge in [0.15, 0.2) is 0 Å². The summed E-state index contributed by atoms with van der Waals surface area (Å²) in [5.74, 6) is 0. The highest BCUT2D eigenvalue weighted by atomic mass is 32.2. The highest BCUT2D eigenvalue weighted by Crippen LogP contribution is 2.30. The molecule has 0 aliphatic heterocycles. The molecule has 0 bridgehead atoms. The van der Waals surface area contributed by atoms with E-state index < -0.39 is 15.4 Å². The maximum absolute atomic E-state index is 13.3. The fourth-order valence-electron chi connectivity index (χ4n) is 3.31. The topological polar surface area (TPSA) is 76.0 Å². The lowest BCUT2D eigenvalue weighted by molar-refractivity contribution is 0.543. The van der Waals surface area contributed by atoms with Gasteiger partial charge in [-0.15, -0.1) is 0 Å². The largest absolute Gasteiger partial charge is 0.356 e. The fourth-order valence-corrected chi connectivity index (χ4v) is 4.70. The molecule has 0 amide bonds. The minimum absolute atomic E-state index is 0.167. The van der Waals surface area contributed by atoms with Crippen LogP contribution < -0.4 is 10.0 Å². The first kappa shape index (κ1) is 21.6. The molecule has 4 aromatic rings. The van der Waals surface area contributed by atoms with E-state index in [1.165, 1.54) is 0 Å². The summed E-state index contributed by atoms with van der Waals surface area (Å²) in [6.45, 7) is 5.86. The van der Waals surface area contributed by atoms with Gasteiger partial charge in [-0.25, -0.2) is 13.1 Å². The van der Waals surface area contributed by atoms with Crippen LogP contribution in [0.3, 0.4) is 0 Å². The summed E-state index contributed by atoms with van der Waals surface area (Å²) < 4.78 is 30.9. The average molecular weight is 447 g/mol. The van der Waals surface area contributed by atoms with E-state index in [4.69, 9.17) is 0 Å². The van der Waals surface area contributed by atoms with Gasteiger partial charge >= 0.3 is 0 Å². The maximum atomic E-state index is 13.3. The first-order valence-corrected chi connectivity index (χ1v) is 11.8. The van der Waals surface area contributed by atoms with Crippen molar-refractivity contribution in [2.45, 2.75) is 31.1 Å². The summed E-state index contributed by atoms with van der Waals surface area (Å²) in [7, 11) is -3.84. The second-order valence-electron chi connectivity index (χ2n) is 8.55. The lowest BCUT2D eigenvalue weighted by Gasteiger charge is -2.18. The van der Waals surface area contributed by atoms with Gasteiger partial charge in [0.1, 0.15) is 4.90 Å². The predicted octanol–water partition coefficient (Wildman–Crippen LogP) is 5.71. The fraction of sp³-hybridized carbons (Fsp3) is 0.160. The Balaban J connectivity index is 1.61. The standard InChI is InChI=1S/C25H26N4O2S/c1-25(2,3)24-23(18-29(27-24)22-12-8-5-9-13-22)32(30,31)28-21-16-14-20(15-17-21)26-19-10-6-4-7-11-19/h4-18,26,28H,1-3H3. The molecule has 0 unspecified atom stereocenters. The molecule has 4 rings (SSSR count). The van der Waals surface area contributed by atoms with E-state index in [1.54, 1.807) is 23.0 Å². The summed E-state index contributed by atoms with van der Waals surface area (Å²) >= 11 is 0. The van der Waals surface area contributed by atoms with Crippen LogP contribution >= 0.6 is 0 Å². The van der Waals surface area contributed by atoms with Crippen LogP contribution in [-0.2, 0) is 15.4 Å². The molecular weight excluding hydrogens is 420 g/mol. The van der Waals surface area contributed by atoms with Gasteiger partial charge in [0.25, 0.3) is 10.0 Å². The minimum atomic E-state index is -3.84. The zero-order valence-corrected chi connectivity index (χ0v) is 19.1. The Morgan fingerprint density at radius 1 is 0.750 bits per heavy atom. The number of nitrogens with zero attached hydrogens (tertiary/aromatic N) is 2. The monoisotopic (exact) mass is 446 g/mol. The highest BCUT2D eigenvalue weighted by molar-refractivity contribution is 7.92. The quantitative estimate of drug-likeness (QED) is 0.397. The van der Waals surface area contributed by atoms with Gasteiger partial charge < -0.3 is 5.32 Å². The third-order valence-corrected chi connectivity index (χ3v) is 6.28. The summed E-state index contributed by atoms with van der Waals surface area (Å²) in [5.41, 5.74) is 3.17. The highest BCUT2D eigenvalue weighted by Gasteiger charge is 2.30. The number of rotatable bonds is 6. The van der Waals surface area contributed by atoms with Crippen LogP contribution in [0.5, 0.6) is 0 Å². The van der Waals surface area contributed by atoms with Crippen molar-refractivity contribution in [1.29, 1.82) is 0 Å². The SMILES string of the molecule is CC(C)(C)c1nn(-c2ccccc2)cc1S(=O)(=O)Nc1ccc(Nc2ccccc2)cc1. The van der Waals surface area contributed by atoms with Crippen LogP contribution in [0.4, 0.5) is 17.1 Å². The number of para-hydroxylation sites is 2. The number of hydrogen-bond donors (Lipinski definition) is 2. The third kappa shape index (κ3) is 4.84. The number of benzene rings is 3. The van der Waals surface area contributed by atoms with Gasteiger partial charge in [-0.05, 0) is 48.5 Å². The van der Waals surface area contributed by atoms with E-state index >= 15 is 0 Å². The van der Waals surface area contributed by atoms with Crippen molar-refractivity contribution in [3.63, 3.8) is 0 Å². The number of anilines is 3. The average Bonchev–Trinajstić information content (AvgIpc) is 3.24. The van der Waals surface area contributed by atoms with E-state index in [1.807, 2.05) is 93.6 Å². The molecule has 2 N–H and O–H groups in total. The molecule has 0 spiro atoms. The van der Waals surface area contributed by atoms with Crippen molar-refractivity contribution in [3.05, 3.63) is 96.8 Å². The lowest BCUT2D eigenvalue weighted by Crippen LogP contribution is -2.20. The normalized spacial score (nSPS) is 11.8. The van der Waals surface area contributed by atoms with Gasteiger partial charge in [-0.1, -0.05) is 57.2 Å². The van der Waals surface area contributed by atoms with Crippen LogP contribution in [0.15, 0.2) is 96.0 Å². The molecule has 0 aliphatic rings. The van der Waals surface area contributed by atoms with E-state index in [-0.39, 0.29) is 4.90 Å². The molecule has 6 nitrogen and oxygen atoms in total. The molecule has 164 valence electrons. The van der Waals surface area contributed by atoms with Crippen LogP contribution in [0.25, 0.3) is 5.69 Å². The number of hydrogen-bond acceptors (Lipinski definition) is 4. The van der Waals surface area contributed by atoms with Crippen LogP contribution in [0.1, 0.15) is 26.5 Å². The van der Waals surface area contributed by atoms with E-state index in [2.05, 4.69) is 15.1 Å². The first-order chi connectivity index (χ1) is 15.2. The summed E-state index contributed by atoms with van der Waals surface area (Å²) in [5, 5.41) is 7.89. The molecule has 3 aromatic carbocycles. The van der Waals surface area contributed by atoms with Gasteiger partial charge in [-0.2, -0.15) is 5.10 Å². The molecule has 1 aromatic heterocycles. The second-order valence-corrected chi connectivity index (χ2v) is 10.2. The molecule has 1 heterocycles. The minimum Gasteiger partial charge on any atom is -0.356 e. The molecule has 0 fully saturated rings. The van der Waals surface area contributed by atoms with E-state index in [0.717, 1.165) is 17.1 Å². The van der Waals surface area contributed by atoms with Crippen molar-refractivity contribution in [1.82, 2.24) is 9.78 Å². The van der Waals surface area contributed by atoms with E-state index in [9.17, 15) is 8.42 Å². The van der Waals surface area contributed by atoms with Crippen molar-refractivity contribution >= 4 is 27.1 Å². The van der Waals surface area contributed by atoms with Crippen LogP contribution in [-0.4, -0.2) is 18.2 Å². The predicted molar refractivity (Wildman–Crippen MR) is 129 cm³/mol. The van der Waals surface area contributed by atoms with Crippen LogP contribution in [0.2, 0.25) is 0 Å². The molecule has 32 heavy (non-hydrogen) atoms. The molecule has 0 aliphatic carbocycles. The lowest BCUT2D eigenvalue weighted by atomic mass is 9.92. The zero-order chi connectivity index (χ0) is 22.8. The van der Waals surface area contributed by atoms with E-state index in [0.29, 0.717) is 11.4 Å². The Kier molecular flexibility index (Phi) is 5.76. The number of nitrogens with one attached hydrogen (secondary N) is 2. The summed E-state index contributed by atoms with van der Waals surface area (Å²) in [4.78, 5) is 0.167. The van der Waals surface area contributed by atoms with Crippen molar-refractivity contribution < 1.29 is 8.42 Å². The third-order valence-electron chi connectivity index (χ3n) is 4.90. The molecular formula is C25H26N4O2S. The maximum Gasteiger partial charge on any atom is 0.265 e. The van der Waals surface area contributed by atoms with Gasteiger partial charge in [0.2, 0.25) is 0 Å². The molecule has 0 saturated heterocycles. The molecule has 7 heteroatoms. The first-order valence-electron chi connectivity index (χ1n) is 10.3. The number of sulfonamides is 1. The second kappa shape index (κ2) is 8.51. The Labute approximate surface area is 189 Å². The Bertz CT molecular complexity index is 1290. The Hall–Kier alpha value is -3.58. The molecule has 0 radical (unpaired) electrons. The van der Waals surface area contributed by atoms with Crippen molar-refractivity contribution in [3.8, 4) is 5.69 Å². The molecule has 0 saturated carbocycles. The van der Waals surface area contributed by atoms with Crippen molar-refractivity contribution in [2.24, 2.45) is 0 Å². The van der Waals surface area contributed by atoms with Gasteiger partial charge in [-0.3, -0.25) is 4.72 Å². The van der Waals surface area contributed by atoms with Crippen molar-refractivity contribution in [2.75, 3.05) is 10.0 Å². The van der Waals surface area contributed by atoms with Gasteiger partial charge in [0, 0.05) is 22.5 Å². The van der Waals surface area contributed by atoms with Gasteiger partial charge in [0.05, 0.1) is 17.6 Å². The smallest absolute Gasteiger partial charge is 0.265 e. The Morgan fingerprint density at radius 2 is 1.28 bits per heavy atom. The summed E-state index contributed by atoms with van der Waals surface area (Å²) in [6, 6.07) is 26.4. The van der Waals surface area contributed by atoms with Crippen LogP contribution in [0, 0.1) is 0 Å². The summed E-state index contributed by atoms with van der Waals surface area (Å²) in [6.07, 6.45) is 1.57. The zero-order valence-electron chi connectivity index (χ0n) is 18.3. The molecule has 0 atom stereocenters. The number of aromatic nitrogens is 2.